The SMILES string of the molecule is COc1ccnc(N2CCN(c3ncccc3C(F)(F)F)CC2)n1. The van der Waals surface area contributed by atoms with E-state index in [9.17, 15) is 13.2 Å². The molecule has 0 aliphatic carbocycles. The summed E-state index contributed by atoms with van der Waals surface area (Å²) in [7, 11) is 1.52. The summed E-state index contributed by atoms with van der Waals surface area (Å²) in [5.41, 5.74) is -0.712. The second-order valence-corrected chi connectivity index (χ2v) is 5.25. The lowest BCUT2D eigenvalue weighted by atomic mass is 10.2. The number of aromatic nitrogens is 3. The number of rotatable bonds is 3. The minimum absolute atomic E-state index is 0.0313. The molecule has 0 radical (unpaired) electrons. The molecule has 1 fully saturated rings. The van der Waals surface area contributed by atoms with Crippen molar-refractivity contribution in [1.82, 2.24) is 15.0 Å². The average molecular weight is 339 g/mol. The van der Waals surface area contributed by atoms with Gasteiger partial charge in [-0.1, -0.05) is 0 Å². The summed E-state index contributed by atoms with van der Waals surface area (Å²) in [6.45, 7) is 1.81. The Labute approximate surface area is 136 Å². The molecule has 0 saturated carbocycles. The van der Waals surface area contributed by atoms with Crippen molar-refractivity contribution in [2.24, 2.45) is 0 Å². The van der Waals surface area contributed by atoms with Crippen molar-refractivity contribution in [1.29, 1.82) is 0 Å². The molecule has 6 nitrogen and oxygen atoms in total. The van der Waals surface area contributed by atoms with E-state index in [2.05, 4.69) is 15.0 Å². The number of piperazine rings is 1. The summed E-state index contributed by atoms with van der Waals surface area (Å²) in [6.07, 6.45) is -1.45. The molecule has 3 rings (SSSR count). The smallest absolute Gasteiger partial charge is 0.419 e. The monoisotopic (exact) mass is 339 g/mol. The largest absolute Gasteiger partial charge is 0.481 e. The highest BCUT2D eigenvalue weighted by Crippen LogP contribution is 2.35. The van der Waals surface area contributed by atoms with Crippen LogP contribution in [0.5, 0.6) is 5.88 Å². The second kappa shape index (κ2) is 6.50. The Bertz CT molecular complexity index is 702. The Morgan fingerprint density at radius 2 is 1.71 bits per heavy atom. The number of hydrogen-bond donors (Lipinski definition) is 0. The first-order valence-corrected chi connectivity index (χ1v) is 7.38. The van der Waals surface area contributed by atoms with E-state index in [-0.39, 0.29) is 5.82 Å². The number of methoxy groups -OCH3 is 1. The van der Waals surface area contributed by atoms with Crippen LogP contribution < -0.4 is 14.5 Å². The van der Waals surface area contributed by atoms with Gasteiger partial charge in [-0.2, -0.15) is 18.2 Å². The van der Waals surface area contributed by atoms with Crippen LogP contribution in [0.2, 0.25) is 0 Å². The topological polar surface area (TPSA) is 54.4 Å². The number of pyridine rings is 1. The van der Waals surface area contributed by atoms with Crippen LogP contribution in [0, 0.1) is 0 Å². The number of ether oxygens (including phenoxy) is 1. The van der Waals surface area contributed by atoms with E-state index in [0.717, 1.165) is 6.07 Å². The predicted molar refractivity (Wildman–Crippen MR) is 82.2 cm³/mol. The molecule has 1 saturated heterocycles. The van der Waals surface area contributed by atoms with Crippen LogP contribution in [-0.2, 0) is 6.18 Å². The molecule has 0 unspecified atom stereocenters. The lowest BCUT2D eigenvalue weighted by molar-refractivity contribution is -0.137. The van der Waals surface area contributed by atoms with E-state index in [4.69, 9.17) is 4.74 Å². The summed E-state index contributed by atoms with van der Waals surface area (Å²) in [4.78, 5) is 15.9. The molecule has 2 aromatic heterocycles. The minimum atomic E-state index is -4.42. The summed E-state index contributed by atoms with van der Waals surface area (Å²) in [6, 6.07) is 4.00. The van der Waals surface area contributed by atoms with E-state index < -0.39 is 11.7 Å². The summed E-state index contributed by atoms with van der Waals surface area (Å²) in [5.74, 6) is 0.925. The van der Waals surface area contributed by atoms with E-state index >= 15 is 0 Å². The molecule has 0 spiro atoms. The van der Waals surface area contributed by atoms with Crippen LogP contribution in [0.1, 0.15) is 5.56 Å². The van der Waals surface area contributed by atoms with E-state index in [1.165, 1.54) is 19.4 Å². The van der Waals surface area contributed by atoms with Gasteiger partial charge in [-0.05, 0) is 12.1 Å². The highest BCUT2D eigenvalue weighted by Gasteiger charge is 2.36. The molecule has 2 aromatic rings. The maximum Gasteiger partial charge on any atom is 0.419 e. The third kappa shape index (κ3) is 3.34. The van der Waals surface area contributed by atoms with E-state index in [1.807, 2.05) is 4.90 Å². The first-order valence-electron chi connectivity index (χ1n) is 7.38. The minimum Gasteiger partial charge on any atom is -0.481 e. The molecule has 24 heavy (non-hydrogen) atoms. The molecular formula is C15H16F3N5O. The molecule has 1 aliphatic rings. The van der Waals surface area contributed by atoms with Crippen LogP contribution in [0.25, 0.3) is 0 Å². The molecule has 128 valence electrons. The predicted octanol–water partition coefficient (Wildman–Crippen LogP) is 2.23. The van der Waals surface area contributed by atoms with Gasteiger partial charge in [-0.15, -0.1) is 0 Å². The summed E-state index contributed by atoms with van der Waals surface area (Å²) < 4.78 is 44.4. The summed E-state index contributed by atoms with van der Waals surface area (Å²) in [5, 5.41) is 0. The quantitative estimate of drug-likeness (QED) is 0.855. The Kier molecular flexibility index (Phi) is 4.41. The summed E-state index contributed by atoms with van der Waals surface area (Å²) >= 11 is 0. The maximum absolute atomic E-state index is 13.1. The van der Waals surface area contributed by atoms with Gasteiger partial charge in [0.05, 0.1) is 12.7 Å². The average Bonchev–Trinajstić information content (AvgIpc) is 2.61. The standard InChI is InChI=1S/C15H16F3N5O/c1-24-12-4-6-20-14(21-12)23-9-7-22(8-10-23)13-11(15(16,17)18)3-2-5-19-13/h2-6H,7-10H2,1H3. The van der Waals surface area contributed by atoms with Crippen LogP contribution in [0.15, 0.2) is 30.6 Å². The van der Waals surface area contributed by atoms with Gasteiger partial charge in [-0.25, -0.2) is 9.97 Å². The lowest BCUT2D eigenvalue weighted by Gasteiger charge is -2.36. The van der Waals surface area contributed by atoms with Crippen molar-refractivity contribution < 1.29 is 17.9 Å². The highest BCUT2D eigenvalue weighted by molar-refractivity contribution is 5.50. The van der Waals surface area contributed by atoms with Gasteiger partial charge < -0.3 is 14.5 Å². The first-order chi connectivity index (χ1) is 11.5. The van der Waals surface area contributed by atoms with E-state index in [0.29, 0.717) is 38.0 Å². The molecule has 1 aliphatic heterocycles. The lowest BCUT2D eigenvalue weighted by Crippen LogP contribution is -2.48. The maximum atomic E-state index is 13.1. The Morgan fingerprint density at radius 3 is 2.38 bits per heavy atom. The van der Waals surface area contributed by atoms with Crippen molar-refractivity contribution >= 4 is 11.8 Å². The number of halogens is 3. The Balaban J connectivity index is 1.74. The van der Waals surface area contributed by atoms with Crippen LogP contribution in [0.4, 0.5) is 24.9 Å². The zero-order valence-corrected chi connectivity index (χ0v) is 13.0. The fourth-order valence-corrected chi connectivity index (χ4v) is 2.59. The van der Waals surface area contributed by atoms with Gasteiger partial charge in [0.1, 0.15) is 5.82 Å². The van der Waals surface area contributed by atoms with E-state index in [1.54, 1.807) is 17.2 Å². The van der Waals surface area contributed by atoms with Crippen LogP contribution in [-0.4, -0.2) is 48.2 Å². The zero-order chi connectivity index (χ0) is 17.2. The zero-order valence-electron chi connectivity index (χ0n) is 13.0. The van der Waals surface area contributed by atoms with Crippen molar-refractivity contribution in [3.63, 3.8) is 0 Å². The van der Waals surface area contributed by atoms with Crippen molar-refractivity contribution in [3.05, 3.63) is 36.2 Å². The van der Waals surface area contributed by atoms with Crippen molar-refractivity contribution in [2.45, 2.75) is 6.18 Å². The third-order valence-corrected chi connectivity index (χ3v) is 3.78. The number of hydrogen-bond acceptors (Lipinski definition) is 6. The second-order valence-electron chi connectivity index (χ2n) is 5.25. The normalized spacial score (nSPS) is 15.5. The number of alkyl halides is 3. The number of anilines is 2. The van der Waals surface area contributed by atoms with Gasteiger partial charge in [-0.3, -0.25) is 0 Å². The molecule has 0 atom stereocenters. The molecule has 0 amide bonds. The van der Waals surface area contributed by atoms with Gasteiger partial charge in [0, 0.05) is 44.6 Å². The Hall–Kier alpha value is -2.58. The molecular weight excluding hydrogens is 323 g/mol. The van der Waals surface area contributed by atoms with Gasteiger partial charge in [0.15, 0.2) is 0 Å². The molecule has 0 N–H and O–H groups in total. The Morgan fingerprint density at radius 1 is 1.00 bits per heavy atom. The highest BCUT2D eigenvalue weighted by atomic mass is 19.4. The molecule has 0 bridgehead atoms. The molecule has 9 heteroatoms. The first kappa shape index (κ1) is 16.3. The van der Waals surface area contributed by atoms with Crippen molar-refractivity contribution in [2.75, 3.05) is 43.1 Å². The fraction of sp³-hybridized carbons (Fsp3) is 0.400. The van der Waals surface area contributed by atoms with Gasteiger partial charge in [0.25, 0.3) is 0 Å². The van der Waals surface area contributed by atoms with Crippen LogP contribution in [0.3, 0.4) is 0 Å². The fourth-order valence-electron chi connectivity index (χ4n) is 2.59. The molecule has 0 aromatic carbocycles. The van der Waals surface area contributed by atoms with Gasteiger partial charge >= 0.3 is 6.18 Å². The molecule has 3 heterocycles. The van der Waals surface area contributed by atoms with Crippen LogP contribution >= 0.6 is 0 Å². The third-order valence-electron chi connectivity index (χ3n) is 3.78. The number of nitrogens with zero attached hydrogens (tertiary/aromatic N) is 5. The van der Waals surface area contributed by atoms with Crippen molar-refractivity contribution in [3.8, 4) is 5.88 Å². The van der Waals surface area contributed by atoms with Gasteiger partial charge in [0.2, 0.25) is 11.8 Å².